The van der Waals surface area contributed by atoms with Crippen molar-refractivity contribution < 1.29 is 37.8 Å². The molecule has 0 radical (unpaired) electrons. The number of halogens is 1. The number of nitrogens with two attached hydrogens (primary N) is 2. The van der Waals surface area contributed by atoms with Gasteiger partial charge in [0, 0.05) is 6.20 Å². The van der Waals surface area contributed by atoms with Gasteiger partial charge in [-0.25, -0.2) is 14.4 Å². The van der Waals surface area contributed by atoms with E-state index < -0.39 is 75.0 Å². The van der Waals surface area contributed by atoms with Crippen LogP contribution < -0.4 is 17.0 Å². The largest absolute Gasteiger partial charge is 0.394 e. The summed E-state index contributed by atoms with van der Waals surface area (Å²) < 4.78 is 41.4. The summed E-state index contributed by atoms with van der Waals surface area (Å²) in [4.78, 5) is 48.0. The molecular formula is C20H25FN10O8P2S2. The van der Waals surface area contributed by atoms with Crippen LogP contribution in [-0.4, -0.2) is 97.7 Å². The number of ether oxygens (including phenoxy) is 2. The number of aromatic amines is 1. The fourth-order valence-electron chi connectivity index (χ4n) is 5.17. The van der Waals surface area contributed by atoms with Crippen molar-refractivity contribution >= 4 is 71.2 Å². The highest BCUT2D eigenvalue weighted by Gasteiger charge is 2.50. The van der Waals surface area contributed by atoms with Gasteiger partial charge in [-0.1, -0.05) is 5.21 Å². The van der Waals surface area contributed by atoms with Gasteiger partial charge >= 0.3 is 0 Å². The summed E-state index contributed by atoms with van der Waals surface area (Å²) in [6.07, 6.45) is -4.83. The van der Waals surface area contributed by atoms with E-state index in [-0.39, 0.29) is 29.4 Å². The minimum atomic E-state index is -3.87. The molecule has 0 bridgehead atoms. The molecular weight excluding hydrogens is 653 g/mol. The van der Waals surface area contributed by atoms with Crippen molar-refractivity contribution in [3.63, 3.8) is 0 Å². The van der Waals surface area contributed by atoms with E-state index in [1.807, 2.05) is 0 Å². The molecule has 4 aromatic rings. The van der Waals surface area contributed by atoms with Crippen molar-refractivity contribution in [2.24, 2.45) is 0 Å². The first kappa shape index (κ1) is 30.5. The molecule has 0 amide bonds. The Morgan fingerprint density at radius 2 is 2.07 bits per heavy atom. The molecule has 0 aromatic carbocycles. The Morgan fingerprint density at radius 3 is 2.81 bits per heavy atom. The third-order valence-electron chi connectivity index (χ3n) is 7.12. The van der Waals surface area contributed by atoms with Crippen LogP contribution in [0.3, 0.4) is 0 Å². The maximum Gasteiger partial charge on any atom is 0.282 e. The Hall–Kier alpha value is -2.55. The van der Waals surface area contributed by atoms with Gasteiger partial charge in [-0.05, 0) is 36.1 Å². The Morgan fingerprint density at radius 1 is 1.28 bits per heavy atom. The fourth-order valence-corrected chi connectivity index (χ4v) is 8.35. The summed E-state index contributed by atoms with van der Waals surface area (Å²) in [5, 5.41) is 18.0. The van der Waals surface area contributed by atoms with Crippen LogP contribution in [0.4, 0.5) is 16.2 Å². The summed E-state index contributed by atoms with van der Waals surface area (Å²) in [6, 6.07) is 1.60. The molecule has 2 saturated heterocycles. The normalized spacial score (nSPS) is 29.8. The smallest absolute Gasteiger partial charge is 0.282 e. The molecule has 0 spiro atoms. The number of fused-ring (bicyclic) bond motifs is 2. The number of aromatic nitrogens is 8. The number of hydrogen-bond acceptors (Lipinski definition) is 15. The van der Waals surface area contributed by atoms with E-state index in [9.17, 15) is 19.7 Å². The highest BCUT2D eigenvalue weighted by Crippen LogP contribution is 2.58. The first-order valence-corrected chi connectivity index (χ1v) is 17.8. The van der Waals surface area contributed by atoms with Crippen LogP contribution in [-0.2, 0) is 42.1 Å². The Labute approximate surface area is 250 Å². The van der Waals surface area contributed by atoms with E-state index in [0.717, 1.165) is 4.68 Å². The second-order valence-electron chi connectivity index (χ2n) is 9.73. The minimum absolute atomic E-state index is 0.0352. The van der Waals surface area contributed by atoms with E-state index in [0.29, 0.717) is 11.0 Å². The predicted molar refractivity (Wildman–Crippen MR) is 156 cm³/mol. The van der Waals surface area contributed by atoms with Crippen LogP contribution in [0.25, 0.3) is 22.2 Å². The molecule has 23 heteroatoms. The van der Waals surface area contributed by atoms with Crippen molar-refractivity contribution in [1.29, 1.82) is 0 Å². The van der Waals surface area contributed by atoms with E-state index in [4.69, 9.17) is 53.6 Å². The zero-order valence-corrected chi connectivity index (χ0v) is 25.2. The molecule has 9 atom stereocenters. The molecule has 2 fully saturated rings. The second kappa shape index (κ2) is 11.8. The molecule has 2 aliphatic rings. The zero-order valence-electron chi connectivity index (χ0n) is 21.7. The number of anilines is 2. The average molecular weight is 679 g/mol. The van der Waals surface area contributed by atoms with Crippen molar-refractivity contribution in [3.05, 3.63) is 28.9 Å². The number of H-pyrrole nitrogens is 1. The molecule has 2 unspecified atom stereocenters. The molecule has 0 saturated carbocycles. The Kier molecular flexibility index (Phi) is 8.33. The molecule has 6 heterocycles. The monoisotopic (exact) mass is 678 g/mol. The van der Waals surface area contributed by atoms with Gasteiger partial charge in [0.05, 0.1) is 30.4 Å². The molecule has 4 aromatic heterocycles. The van der Waals surface area contributed by atoms with Gasteiger partial charge in [0.1, 0.15) is 30.0 Å². The number of nitrogen functional groups attached to an aromatic ring is 2. The summed E-state index contributed by atoms with van der Waals surface area (Å²) in [7, 11) is -2.81. The van der Waals surface area contributed by atoms with Gasteiger partial charge in [-0.15, -0.1) is 5.10 Å². The van der Waals surface area contributed by atoms with E-state index in [2.05, 4.69) is 30.2 Å². The molecule has 6 rings (SSSR count). The molecule has 8 N–H and O–H groups in total. The Balaban J connectivity index is 1.26. The van der Waals surface area contributed by atoms with Gasteiger partial charge in [-0.3, -0.25) is 9.78 Å². The average Bonchev–Trinajstić information content (AvgIpc) is 3.73. The highest BCUT2D eigenvalue weighted by atomic mass is 32.5. The Bertz CT molecular complexity index is 1810. The lowest BCUT2D eigenvalue weighted by atomic mass is 10.1. The first-order chi connectivity index (χ1) is 20.5. The van der Waals surface area contributed by atoms with Crippen LogP contribution in [0, 0.1) is 0 Å². The molecule has 0 aliphatic carbocycles. The van der Waals surface area contributed by atoms with E-state index in [1.165, 1.54) is 17.1 Å². The van der Waals surface area contributed by atoms with Gasteiger partial charge in [-0.2, -0.15) is 9.67 Å². The number of rotatable bonds is 9. The van der Waals surface area contributed by atoms with E-state index >= 15 is 4.39 Å². The summed E-state index contributed by atoms with van der Waals surface area (Å²) in [6.45, 7) is -4.75. The van der Waals surface area contributed by atoms with Crippen LogP contribution in [0.5, 0.6) is 0 Å². The van der Waals surface area contributed by atoms with Crippen LogP contribution in [0.15, 0.2) is 23.4 Å². The lowest BCUT2D eigenvalue weighted by molar-refractivity contribution is -0.0401. The number of aliphatic hydroxyl groups is 1. The summed E-state index contributed by atoms with van der Waals surface area (Å²) >= 11 is 10.3. The van der Waals surface area contributed by atoms with Crippen LogP contribution in [0.1, 0.15) is 18.9 Å². The van der Waals surface area contributed by atoms with Gasteiger partial charge in [0.25, 0.3) is 5.56 Å². The number of aliphatic hydroxyl groups excluding tert-OH is 1. The standard InChI is InChI=1S/C20H25FN10O8P2S2/c21-11-13(39-40(34)42)9(38-19(11)30-2-1-8-14(22)24-6-25-15(8)30)5-36-41(35,43)10-3-7(4-32)37-18(10)31-16-12(28-29-31)17(33)27-20(23)26-16/h1-2,6-7,9-11,13,18-19,32,40H,3-5H2,(H,34,42)(H,35,43)(H2,22,24,25)(H3,23,26,27,33)/t7-,9+,10+,11-,13+,18+,19+,41?/m0/s1. The molecule has 18 nitrogen and oxygen atoms in total. The van der Waals surface area contributed by atoms with Crippen molar-refractivity contribution in [1.82, 2.24) is 39.5 Å². The summed E-state index contributed by atoms with van der Waals surface area (Å²) in [5.41, 5.74) is 10.1. The van der Waals surface area contributed by atoms with Crippen LogP contribution in [0.2, 0.25) is 0 Å². The minimum Gasteiger partial charge on any atom is -0.394 e. The van der Waals surface area contributed by atoms with E-state index in [1.54, 1.807) is 6.07 Å². The topological polar surface area (TPSA) is 257 Å². The quantitative estimate of drug-likeness (QED) is 0.119. The van der Waals surface area contributed by atoms with Crippen molar-refractivity contribution in [3.8, 4) is 0 Å². The van der Waals surface area contributed by atoms with Crippen molar-refractivity contribution in [2.75, 3.05) is 24.7 Å². The fraction of sp³-hybridized carbons (Fsp3) is 0.500. The molecule has 232 valence electrons. The molecule has 2 aliphatic heterocycles. The predicted octanol–water partition coefficient (Wildman–Crippen LogP) is -0.790. The lowest BCUT2D eigenvalue weighted by Gasteiger charge is -2.28. The van der Waals surface area contributed by atoms with Gasteiger partial charge in [0.15, 0.2) is 43.4 Å². The van der Waals surface area contributed by atoms with Gasteiger partial charge in [0.2, 0.25) is 5.95 Å². The summed E-state index contributed by atoms with van der Waals surface area (Å²) in [5.74, 6) is -0.0145. The zero-order chi connectivity index (χ0) is 30.6. The van der Waals surface area contributed by atoms with Crippen molar-refractivity contribution in [2.45, 2.75) is 49.0 Å². The number of alkyl halides is 1. The SMILES string of the molecule is Nc1nc2c(nnn2[C@@H]2O[C@H](CO)C[C@H]2P(O)(=S)OC[C@H]2O[C@@H](n3ccc4c(N)ncnc43)[C@@H](F)[C@@H]2O[PH](O)=S)c(=O)[nH]1. The van der Waals surface area contributed by atoms with Crippen LogP contribution >= 0.6 is 13.6 Å². The maximum atomic E-state index is 15.8. The van der Waals surface area contributed by atoms with Gasteiger partial charge < -0.3 is 49.4 Å². The first-order valence-electron chi connectivity index (χ1n) is 12.6. The third-order valence-corrected chi connectivity index (χ3v) is 10.8. The number of nitrogens with one attached hydrogen (secondary N) is 1. The lowest BCUT2D eigenvalue weighted by Crippen LogP contribution is -2.33. The highest BCUT2D eigenvalue weighted by molar-refractivity contribution is 8.09. The number of hydrogen-bond donors (Lipinski definition) is 6. The number of nitrogens with zero attached hydrogens (tertiary/aromatic N) is 7. The second-order valence-corrected chi connectivity index (χ2v) is 15.2. The molecule has 43 heavy (non-hydrogen) atoms. The third kappa shape index (κ3) is 5.59. The maximum absolute atomic E-state index is 15.8.